The maximum absolute atomic E-state index is 13.0. The molecule has 0 fully saturated rings. The summed E-state index contributed by atoms with van der Waals surface area (Å²) in [6, 6.07) is 0. The highest BCUT2D eigenvalue weighted by Crippen LogP contribution is 2.45. The molecule has 0 heterocycles. The van der Waals surface area contributed by atoms with Gasteiger partial charge in [0.2, 0.25) is 0 Å². The highest BCUT2D eigenvalue weighted by atomic mass is 31.2. The summed E-state index contributed by atoms with van der Waals surface area (Å²) >= 11 is 0. The zero-order chi connectivity index (χ0) is 65.6. The Morgan fingerprint density at radius 3 is 0.798 bits per heavy atom. The number of ether oxygens (including phenoxy) is 4. The number of phosphoric ester groups is 2. The fraction of sp³-hybridized carbons (Fsp3) is 0.943. The number of rotatable bonds is 70. The maximum Gasteiger partial charge on any atom is 0.472 e. The third-order valence-electron chi connectivity index (χ3n) is 16.6. The smallest absolute Gasteiger partial charge is 0.462 e. The lowest BCUT2D eigenvalue weighted by molar-refractivity contribution is -0.161. The number of esters is 4. The Bertz CT molecular complexity index is 1720. The van der Waals surface area contributed by atoms with Crippen molar-refractivity contribution in [2.75, 3.05) is 39.6 Å². The lowest BCUT2D eigenvalue weighted by atomic mass is 10.00. The van der Waals surface area contributed by atoms with Crippen LogP contribution in [0, 0.1) is 5.92 Å². The average Bonchev–Trinajstić information content (AvgIpc) is 3.66. The minimum atomic E-state index is -4.95. The van der Waals surface area contributed by atoms with E-state index < -0.39 is 97.5 Å². The maximum atomic E-state index is 13.0. The third kappa shape index (κ3) is 63.2. The molecule has 0 aliphatic heterocycles. The summed E-state index contributed by atoms with van der Waals surface area (Å²) in [4.78, 5) is 72.4. The van der Waals surface area contributed by atoms with Crippen LogP contribution in [0.2, 0.25) is 0 Å². The molecule has 6 atom stereocenters. The number of carbonyl (C=O) groups is 4. The molecule has 0 saturated heterocycles. The van der Waals surface area contributed by atoms with Gasteiger partial charge in [0.15, 0.2) is 12.2 Å². The number of hydrogen-bond acceptors (Lipinski definition) is 15. The number of hydrogen-bond donors (Lipinski definition) is 3. The van der Waals surface area contributed by atoms with Crippen LogP contribution in [-0.2, 0) is 65.4 Å². The summed E-state index contributed by atoms with van der Waals surface area (Å²) in [7, 11) is -9.89. The van der Waals surface area contributed by atoms with E-state index in [0.29, 0.717) is 25.7 Å². The summed E-state index contributed by atoms with van der Waals surface area (Å²) in [5.74, 6) is -1.41. The number of aliphatic hydroxyl groups is 1. The van der Waals surface area contributed by atoms with Crippen LogP contribution in [0.15, 0.2) is 0 Å². The van der Waals surface area contributed by atoms with Crippen molar-refractivity contribution in [2.24, 2.45) is 5.92 Å². The predicted octanol–water partition coefficient (Wildman–Crippen LogP) is 20.1. The van der Waals surface area contributed by atoms with Crippen LogP contribution in [0.5, 0.6) is 0 Å². The first kappa shape index (κ1) is 87.1. The van der Waals surface area contributed by atoms with Crippen molar-refractivity contribution in [1.29, 1.82) is 0 Å². The Kier molecular flexibility index (Phi) is 62.1. The Balaban J connectivity index is 5.21. The summed E-state index contributed by atoms with van der Waals surface area (Å²) in [5.41, 5.74) is 0. The van der Waals surface area contributed by atoms with Crippen LogP contribution in [0.3, 0.4) is 0 Å². The number of aliphatic hydroxyl groups excluding tert-OH is 1. The first-order chi connectivity index (χ1) is 43.1. The number of unbranched alkanes of at least 4 members (excludes halogenated alkanes) is 41. The van der Waals surface area contributed by atoms with Crippen LogP contribution in [0.4, 0.5) is 0 Å². The fourth-order valence-electron chi connectivity index (χ4n) is 10.6. The molecule has 0 aromatic carbocycles. The molecule has 0 aliphatic carbocycles. The van der Waals surface area contributed by atoms with Crippen molar-refractivity contribution in [3.63, 3.8) is 0 Å². The lowest BCUT2D eigenvalue weighted by Gasteiger charge is -2.21. The Labute approximate surface area is 543 Å². The minimum absolute atomic E-state index is 0.103. The van der Waals surface area contributed by atoms with Crippen molar-refractivity contribution in [3.8, 4) is 0 Å². The van der Waals surface area contributed by atoms with Crippen molar-refractivity contribution < 1.29 is 80.2 Å². The molecule has 528 valence electrons. The Hall–Kier alpha value is -1.94. The Morgan fingerprint density at radius 1 is 0.315 bits per heavy atom. The number of phosphoric acid groups is 2. The van der Waals surface area contributed by atoms with E-state index in [1.54, 1.807) is 0 Å². The highest BCUT2D eigenvalue weighted by Gasteiger charge is 2.30. The van der Waals surface area contributed by atoms with E-state index in [1.165, 1.54) is 180 Å². The monoisotopic (exact) mass is 1310 g/mol. The van der Waals surface area contributed by atoms with E-state index in [2.05, 4.69) is 34.6 Å². The molecule has 17 nitrogen and oxygen atoms in total. The first-order valence-corrected chi connectivity index (χ1v) is 39.7. The van der Waals surface area contributed by atoms with Gasteiger partial charge in [-0.25, -0.2) is 9.13 Å². The zero-order valence-corrected chi connectivity index (χ0v) is 59.4. The first-order valence-electron chi connectivity index (χ1n) is 36.7. The standard InChI is InChI=1S/C70H136O17P2/c1-6-10-13-16-19-22-24-26-28-29-30-32-34-36-39-45-50-55-69(74)86-65(59-81-68(73)54-49-44-38-35-33-31-27-25-23-20-17-14-11-7-2)61-84-88(76,77)82-57-64(71)58-83-89(78,79)85-62-66(60-80-67(72)53-48-43-37-21-18-15-12-8-3)87-70(75)56-51-46-41-40-42-47-52-63(5)9-4/h63-66,71H,6-62H2,1-5H3,(H,76,77)(H,78,79)/t63?,64-,65-,66-/m1/s1. The van der Waals surface area contributed by atoms with E-state index in [4.69, 9.17) is 37.0 Å². The van der Waals surface area contributed by atoms with Gasteiger partial charge in [-0.1, -0.05) is 311 Å². The minimum Gasteiger partial charge on any atom is -0.462 e. The second-order valence-electron chi connectivity index (χ2n) is 25.5. The van der Waals surface area contributed by atoms with E-state index in [9.17, 15) is 43.2 Å². The average molecular weight is 1310 g/mol. The molecule has 3 unspecified atom stereocenters. The molecule has 0 aromatic rings. The molecule has 89 heavy (non-hydrogen) atoms. The van der Waals surface area contributed by atoms with Crippen molar-refractivity contribution in [3.05, 3.63) is 0 Å². The van der Waals surface area contributed by atoms with Crippen LogP contribution in [0.1, 0.15) is 362 Å². The van der Waals surface area contributed by atoms with E-state index in [1.807, 2.05) is 0 Å². The molecule has 0 radical (unpaired) electrons. The normalized spacial score (nSPS) is 14.4. The van der Waals surface area contributed by atoms with Gasteiger partial charge < -0.3 is 33.8 Å². The molecule has 3 N–H and O–H groups in total. The molecule has 0 aliphatic rings. The van der Waals surface area contributed by atoms with Crippen LogP contribution < -0.4 is 0 Å². The van der Waals surface area contributed by atoms with E-state index in [0.717, 1.165) is 102 Å². The lowest BCUT2D eigenvalue weighted by Crippen LogP contribution is -2.30. The summed E-state index contributed by atoms with van der Waals surface area (Å²) in [5, 5.41) is 10.6. The van der Waals surface area contributed by atoms with Crippen LogP contribution >= 0.6 is 15.6 Å². The van der Waals surface area contributed by atoms with Gasteiger partial charge in [-0.3, -0.25) is 37.3 Å². The summed E-state index contributed by atoms with van der Waals surface area (Å²) < 4.78 is 68.2. The van der Waals surface area contributed by atoms with Crippen molar-refractivity contribution in [1.82, 2.24) is 0 Å². The Morgan fingerprint density at radius 2 is 0.539 bits per heavy atom. The van der Waals surface area contributed by atoms with Gasteiger partial charge in [-0.15, -0.1) is 0 Å². The van der Waals surface area contributed by atoms with Gasteiger partial charge in [-0.05, 0) is 31.6 Å². The van der Waals surface area contributed by atoms with Gasteiger partial charge >= 0.3 is 39.5 Å². The molecule has 0 bridgehead atoms. The molecule has 0 saturated carbocycles. The van der Waals surface area contributed by atoms with Gasteiger partial charge in [0, 0.05) is 25.7 Å². The quantitative estimate of drug-likeness (QED) is 0.0222. The van der Waals surface area contributed by atoms with Crippen LogP contribution in [-0.4, -0.2) is 96.7 Å². The van der Waals surface area contributed by atoms with Gasteiger partial charge in [0.25, 0.3) is 0 Å². The summed E-state index contributed by atoms with van der Waals surface area (Å²) in [6.07, 6.45) is 50.0. The second kappa shape index (κ2) is 63.5. The molecule has 0 spiro atoms. The van der Waals surface area contributed by atoms with E-state index in [-0.39, 0.29) is 25.7 Å². The number of carbonyl (C=O) groups excluding carboxylic acids is 4. The van der Waals surface area contributed by atoms with Crippen molar-refractivity contribution >= 4 is 39.5 Å². The molecular formula is C70H136O17P2. The molecule has 0 aromatic heterocycles. The second-order valence-corrected chi connectivity index (χ2v) is 28.4. The summed E-state index contributed by atoms with van der Waals surface area (Å²) in [6.45, 7) is 7.18. The van der Waals surface area contributed by atoms with Gasteiger partial charge in [0.1, 0.15) is 19.3 Å². The van der Waals surface area contributed by atoms with Crippen LogP contribution in [0.25, 0.3) is 0 Å². The molecule has 0 amide bonds. The topological polar surface area (TPSA) is 237 Å². The van der Waals surface area contributed by atoms with Crippen molar-refractivity contribution in [2.45, 2.75) is 380 Å². The molecule has 19 heteroatoms. The molecule has 0 rings (SSSR count). The largest absolute Gasteiger partial charge is 0.472 e. The third-order valence-corrected chi connectivity index (χ3v) is 18.5. The highest BCUT2D eigenvalue weighted by molar-refractivity contribution is 7.47. The fourth-order valence-corrected chi connectivity index (χ4v) is 12.2. The van der Waals surface area contributed by atoms with E-state index >= 15 is 0 Å². The SMILES string of the molecule is CCCCCCCCCCCCCCCCCCCC(=O)O[C@H](COC(=O)CCCCCCCCCCCCCCCC)COP(=O)(O)OC[C@@H](O)COP(=O)(O)OC[C@@H](COC(=O)CCCCCCCCCC)OC(=O)CCCCCCCCC(C)CC. The molecular weight excluding hydrogens is 1170 g/mol. The van der Waals surface area contributed by atoms with Gasteiger partial charge in [0.05, 0.1) is 26.4 Å². The van der Waals surface area contributed by atoms with Gasteiger partial charge in [-0.2, -0.15) is 0 Å². The zero-order valence-electron chi connectivity index (χ0n) is 57.6. The predicted molar refractivity (Wildman–Crippen MR) is 358 cm³/mol.